The molecule has 2 unspecified atom stereocenters. The van der Waals surface area contributed by atoms with Crippen molar-refractivity contribution in [1.82, 2.24) is 10.2 Å². The lowest BCUT2D eigenvalue weighted by molar-refractivity contribution is -0.141. The average Bonchev–Trinajstić information content (AvgIpc) is 2.92. The van der Waals surface area contributed by atoms with Gasteiger partial charge < -0.3 is 25.4 Å². The van der Waals surface area contributed by atoms with Crippen molar-refractivity contribution in [2.24, 2.45) is 0 Å². The molecule has 0 radical (unpaired) electrons. The van der Waals surface area contributed by atoms with Crippen LogP contribution in [-0.2, 0) is 20.7 Å². The fourth-order valence-electron chi connectivity index (χ4n) is 4.77. The molecular formula is C34H43N3O5. The Kier molecular flexibility index (Phi) is 11.1. The van der Waals surface area contributed by atoms with Crippen LogP contribution in [0.25, 0.3) is 0 Å². The van der Waals surface area contributed by atoms with Gasteiger partial charge in [-0.15, -0.1) is 0 Å². The number of ether oxygens (including phenoxy) is 1. The molecule has 224 valence electrons. The number of nitrogens with zero attached hydrogens (tertiary/aromatic N) is 1. The quantitative estimate of drug-likeness (QED) is 0.244. The second kappa shape index (κ2) is 14.5. The van der Waals surface area contributed by atoms with E-state index in [0.29, 0.717) is 17.7 Å². The first-order valence-corrected chi connectivity index (χ1v) is 14.4. The van der Waals surface area contributed by atoms with Gasteiger partial charge in [-0.25, -0.2) is 4.79 Å². The first-order chi connectivity index (χ1) is 19.9. The van der Waals surface area contributed by atoms with E-state index in [9.17, 15) is 19.5 Å². The van der Waals surface area contributed by atoms with Gasteiger partial charge >= 0.3 is 6.09 Å². The summed E-state index contributed by atoms with van der Waals surface area (Å²) >= 11 is 0. The Bertz CT molecular complexity index is 1350. The Morgan fingerprint density at radius 2 is 1.52 bits per heavy atom. The van der Waals surface area contributed by atoms with Crippen LogP contribution in [-0.4, -0.2) is 46.1 Å². The second-order valence-electron chi connectivity index (χ2n) is 11.5. The minimum Gasteiger partial charge on any atom is -0.508 e. The minimum atomic E-state index is -1.16. The van der Waals surface area contributed by atoms with Gasteiger partial charge in [0.1, 0.15) is 23.4 Å². The third kappa shape index (κ3) is 8.83. The van der Waals surface area contributed by atoms with Crippen LogP contribution in [0, 0.1) is 13.8 Å². The molecular weight excluding hydrogens is 530 g/mol. The number of benzene rings is 3. The molecule has 42 heavy (non-hydrogen) atoms. The first kappa shape index (κ1) is 32.2. The van der Waals surface area contributed by atoms with Crippen LogP contribution in [0.3, 0.4) is 0 Å². The van der Waals surface area contributed by atoms with Crippen molar-refractivity contribution >= 4 is 23.6 Å². The van der Waals surface area contributed by atoms with Crippen molar-refractivity contribution in [3.63, 3.8) is 0 Å². The van der Waals surface area contributed by atoms with Crippen molar-refractivity contribution in [2.45, 2.75) is 78.5 Å². The molecule has 3 N–H and O–H groups in total. The lowest BCUT2D eigenvalue weighted by Crippen LogP contribution is -2.53. The molecule has 8 nitrogen and oxygen atoms in total. The normalized spacial score (nSPS) is 12.6. The van der Waals surface area contributed by atoms with Gasteiger partial charge in [0, 0.05) is 24.2 Å². The van der Waals surface area contributed by atoms with Crippen LogP contribution in [0.1, 0.15) is 68.8 Å². The van der Waals surface area contributed by atoms with Crippen LogP contribution in [0.15, 0.2) is 72.8 Å². The molecule has 0 aliphatic carbocycles. The van der Waals surface area contributed by atoms with Gasteiger partial charge in [0.2, 0.25) is 5.91 Å². The second-order valence-corrected chi connectivity index (χ2v) is 11.5. The highest BCUT2D eigenvalue weighted by Crippen LogP contribution is 2.32. The molecule has 8 heteroatoms. The molecule has 0 saturated carbocycles. The Balaban J connectivity index is 2.09. The van der Waals surface area contributed by atoms with Gasteiger partial charge in [-0.1, -0.05) is 80.1 Å². The Morgan fingerprint density at radius 1 is 0.905 bits per heavy atom. The zero-order chi connectivity index (χ0) is 30.9. The van der Waals surface area contributed by atoms with E-state index in [1.54, 1.807) is 39.0 Å². The SMILES string of the molecule is CCCCN(C(=O)C(Cc1ccccc1)NC(=O)OC(C)(C)C)C(C(=O)Nc1c(C)cccc1C)c1ccccc1O. The molecule has 3 aromatic rings. The van der Waals surface area contributed by atoms with Crippen LogP contribution < -0.4 is 10.6 Å². The number of para-hydroxylation sites is 2. The highest BCUT2D eigenvalue weighted by atomic mass is 16.6. The summed E-state index contributed by atoms with van der Waals surface area (Å²) < 4.78 is 5.49. The lowest BCUT2D eigenvalue weighted by Gasteiger charge is -2.35. The maximum atomic E-state index is 14.5. The number of alkyl carbamates (subject to hydrolysis) is 1. The van der Waals surface area contributed by atoms with E-state index < -0.39 is 35.6 Å². The summed E-state index contributed by atoms with van der Waals surface area (Å²) in [6.07, 6.45) is 0.828. The molecule has 0 saturated heterocycles. The summed E-state index contributed by atoms with van der Waals surface area (Å²) in [6, 6.07) is 19.4. The number of nitrogens with one attached hydrogen (secondary N) is 2. The van der Waals surface area contributed by atoms with Gasteiger partial charge in [-0.05, 0) is 63.8 Å². The number of hydrogen-bond acceptors (Lipinski definition) is 5. The summed E-state index contributed by atoms with van der Waals surface area (Å²) in [6.45, 7) is 11.3. The van der Waals surface area contributed by atoms with Crippen molar-refractivity contribution in [2.75, 3.05) is 11.9 Å². The van der Waals surface area contributed by atoms with Gasteiger partial charge in [0.25, 0.3) is 5.91 Å². The van der Waals surface area contributed by atoms with Crippen molar-refractivity contribution in [3.05, 3.63) is 95.1 Å². The van der Waals surface area contributed by atoms with E-state index in [4.69, 9.17) is 4.74 Å². The van der Waals surface area contributed by atoms with Gasteiger partial charge in [0.15, 0.2) is 0 Å². The first-order valence-electron chi connectivity index (χ1n) is 14.4. The number of phenolic OH excluding ortho intramolecular Hbond substituents is 1. The molecule has 0 aliphatic rings. The van der Waals surface area contributed by atoms with E-state index in [1.165, 1.54) is 11.0 Å². The Morgan fingerprint density at radius 3 is 2.12 bits per heavy atom. The molecule has 0 spiro atoms. The van der Waals surface area contributed by atoms with Gasteiger partial charge in [-0.3, -0.25) is 9.59 Å². The number of unbranched alkanes of at least 4 members (excludes halogenated alkanes) is 1. The maximum Gasteiger partial charge on any atom is 0.408 e. The molecule has 3 amide bonds. The maximum absolute atomic E-state index is 14.5. The number of hydrogen-bond donors (Lipinski definition) is 3. The number of carbonyl (C=O) groups is 3. The smallest absolute Gasteiger partial charge is 0.408 e. The van der Waals surface area contributed by atoms with E-state index in [1.807, 2.05) is 69.3 Å². The minimum absolute atomic E-state index is 0.104. The van der Waals surface area contributed by atoms with Crippen LogP contribution in [0.2, 0.25) is 0 Å². The number of aryl methyl sites for hydroxylation is 2. The Labute approximate surface area is 249 Å². The summed E-state index contributed by atoms with van der Waals surface area (Å²) in [5.41, 5.74) is 2.76. The van der Waals surface area contributed by atoms with E-state index in [0.717, 1.165) is 23.1 Å². The standard InChI is InChI=1S/C34H43N3O5/c1-7-8-21-37(32(40)27(22-25-17-10-9-11-18-25)35-33(41)42-34(4,5)6)30(26-19-12-13-20-28(26)38)31(39)36-29-23(2)15-14-16-24(29)3/h9-20,27,30,38H,7-8,21-22H2,1-6H3,(H,35,41)(H,36,39). The number of carbonyl (C=O) groups excluding carboxylic acids is 3. The number of aromatic hydroxyl groups is 1. The van der Waals surface area contributed by atoms with Crippen molar-refractivity contribution in [3.8, 4) is 5.75 Å². The van der Waals surface area contributed by atoms with Crippen LogP contribution in [0.4, 0.5) is 10.5 Å². The number of anilines is 1. The molecule has 0 bridgehead atoms. The van der Waals surface area contributed by atoms with Crippen molar-refractivity contribution < 1.29 is 24.2 Å². The largest absolute Gasteiger partial charge is 0.508 e. The Hall–Kier alpha value is -4.33. The molecule has 0 aromatic heterocycles. The lowest BCUT2D eigenvalue weighted by atomic mass is 9.98. The summed E-state index contributed by atoms with van der Waals surface area (Å²) in [5.74, 6) is -1.02. The number of phenols is 1. The highest BCUT2D eigenvalue weighted by Gasteiger charge is 2.37. The third-order valence-electron chi connectivity index (χ3n) is 6.83. The van der Waals surface area contributed by atoms with Crippen LogP contribution >= 0.6 is 0 Å². The molecule has 3 aromatic carbocycles. The fraction of sp³-hybridized carbons (Fsp3) is 0.382. The van der Waals surface area contributed by atoms with Gasteiger partial charge in [-0.2, -0.15) is 0 Å². The number of amides is 3. The van der Waals surface area contributed by atoms with Gasteiger partial charge in [0.05, 0.1) is 0 Å². The summed E-state index contributed by atoms with van der Waals surface area (Å²) in [4.78, 5) is 43.0. The van der Waals surface area contributed by atoms with E-state index in [2.05, 4.69) is 10.6 Å². The molecule has 3 rings (SSSR count). The average molecular weight is 574 g/mol. The zero-order valence-electron chi connectivity index (χ0n) is 25.4. The fourth-order valence-corrected chi connectivity index (χ4v) is 4.77. The van der Waals surface area contributed by atoms with Crippen LogP contribution in [0.5, 0.6) is 5.75 Å². The monoisotopic (exact) mass is 573 g/mol. The molecule has 2 atom stereocenters. The molecule has 0 aliphatic heterocycles. The number of rotatable bonds is 11. The summed E-state index contributed by atoms with van der Waals surface area (Å²) in [5, 5.41) is 16.7. The molecule has 0 fully saturated rings. The summed E-state index contributed by atoms with van der Waals surface area (Å²) in [7, 11) is 0. The highest BCUT2D eigenvalue weighted by molar-refractivity contribution is 6.00. The predicted molar refractivity (Wildman–Crippen MR) is 165 cm³/mol. The van der Waals surface area contributed by atoms with E-state index in [-0.39, 0.29) is 18.7 Å². The van der Waals surface area contributed by atoms with E-state index >= 15 is 0 Å². The molecule has 0 heterocycles. The topological polar surface area (TPSA) is 108 Å². The zero-order valence-corrected chi connectivity index (χ0v) is 25.4. The third-order valence-corrected chi connectivity index (χ3v) is 6.83. The predicted octanol–water partition coefficient (Wildman–Crippen LogP) is 6.45. The van der Waals surface area contributed by atoms with Crippen molar-refractivity contribution in [1.29, 1.82) is 0 Å².